The number of nitrogens with one attached hydrogen (secondary N) is 2. The Labute approximate surface area is 212 Å². The van der Waals surface area contributed by atoms with Gasteiger partial charge >= 0.3 is 0 Å². The van der Waals surface area contributed by atoms with Crippen molar-refractivity contribution >= 4 is 40.1 Å². The van der Waals surface area contributed by atoms with Gasteiger partial charge in [0.15, 0.2) is 0 Å². The smallest absolute Gasteiger partial charge is 0.258 e. The molecule has 2 aliphatic heterocycles. The van der Waals surface area contributed by atoms with E-state index in [0.29, 0.717) is 12.1 Å². The zero-order valence-corrected chi connectivity index (χ0v) is 20.7. The summed E-state index contributed by atoms with van der Waals surface area (Å²) in [5.74, 6) is -0.0556. The number of hydrogen-bond acceptors (Lipinski definition) is 5. The van der Waals surface area contributed by atoms with Crippen LogP contribution in [0.1, 0.15) is 11.1 Å². The lowest BCUT2D eigenvalue weighted by Gasteiger charge is -2.32. The van der Waals surface area contributed by atoms with E-state index < -0.39 is 0 Å². The molecule has 1 fully saturated rings. The lowest BCUT2D eigenvalue weighted by molar-refractivity contribution is -0.119. The maximum absolute atomic E-state index is 13.0. The van der Waals surface area contributed by atoms with Crippen molar-refractivity contribution in [3.63, 3.8) is 0 Å². The molecule has 0 aromatic heterocycles. The highest BCUT2D eigenvalue weighted by atomic mass is 16.2. The summed E-state index contributed by atoms with van der Waals surface area (Å²) in [6, 6.07) is 25.3. The lowest BCUT2D eigenvalue weighted by Crippen LogP contribution is -2.48. The summed E-state index contributed by atoms with van der Waals surface area (Å²) in [5.41, 5.74) is 5.62. The second-order valence-corrected chi connectivity index (χ2v) is 9.32. The number of carbonyl (C=O) groups excluding carboxylic acids is 2. The Morgan fingerprint density at radius 2 is 1.58 bits per heavy atom. The molecule has 0 saturated carbocycles. The molecule has 36 heavy (non-hydrogen) atoms. The molecule has 0 spiro atoms. The SMILES string of the molecule is CN1CCN(CC(=O)N(C)c2ccc(NC(=C3C(=O)Nc4ccccc43)c3ccccc3)cc2)CC1. The first-order valence-corrected chi connectivity index (χ1v) is 12.2. The van der Waals surface area contributed by atoms with E-state index in [0.717, 1.165) is 60.1 Å². The number of anilines is 3. The second-order valence-electron chi connectivity index (χ2n) is 9.32. The molecule has 7 heteroatoms. The molecule has 2 heterocycles. The van der Waals surface area contributed by atoms with E-state index in [4.69, 9.17) is 0 Å². The van der Waals surface area contributed by atoms with Gasteiger partial charge in [-0.25, -0.2) is 0 Å². The van der Waals surface area contributed by atoms with Gasteiger partial charge in [-0.3, -0.25) is 14.5 Å². The summed E-state index contributed by atoms with van der Waals surface area (Å²) in [6.07, 6.45) is 0. The molecule has 0 radical (unpaired) electrons. The summed E-state index contributed by atoms with van der Waals surface area (Å²) in [7, 11) is 3.93. The van der Waals surface area contributed by atoms with Gasteiger partial charge < -0.3 is 20.4 Å². The molecule has 184 valence electrons. The maximum atomic E-state index is 13.0. The van der Waals surface area contributed by atoms with Crippen LogP contribution in [0, 0.1) is 0 Å². The van der Waals surface area contributed by atoms with Crippen molar-refractivity contribution in [2.24, 2.45) is 0 Å². The molecule has 0 unspecified atom stereocenters. The third kappa shape index (κ3) is 5.03. The predicted molar refractivity (Wildman–Crippen MR) is 146 cm³/mol. The fourth-order valence-electron chi connectivity index (χ4n) is 4.61. The van der Waals surface area contributed by atoms with Crippen LogP contribution in [0.2, 0.25) is 0 Å². The molecule has 2 amide bonds. The zero-order chi connectivity index (χ0) is 25.1. The van der Waals surface area contributed by atoms with E-state index in [1.807, 2.05) is 85.9 Å². The highest BCUT2D eigenvalue weighted by Gasteiger charge is 2.28. The number of nitrogens with zero attached hydrogens (tertiary/aromatic N) is 3. The third-order valence-electron chi connectivity index (χ3n) is 6.84. The van der Waals surface area contributed by atoms with E-state index >= 15 is 0 Å². The van der Waals surface area contributed by atoms with Gasteiger partial charge in [-0.1, -0.05) is 48.5 Å². The van der Waals surface area contributed by atoms with Crippen molar-refractivity contribution in [2.75, 3.05) is 62.4 Å². The van der Waals surface area contributed by atoms with Crippen LogP contribution in [0.15, 0.2) is 78.9 Å². The van der Waals surface area contributed by atoms with Crippen LogP contribution in [0.25, 0.3) is 11.3 Å². The third-order valence-corrected chi connectivity index (χ3v) is 6.84. The van der Waals surface area contributed by atoms with Gasteiger partial charge in [0.05, 0.1) is 17.8 Å². The van der Waals surface area contributed by atoms with Crippen LogP contribution < -0.4 is 15.5 Å². The molecule has 2 N–H and O–H groups in total. The predicted octanol–water partition coefficient (Wildman–Crippen LogP) is 3.83. The van der Waals surface area contributed by atoms with Gasteiger partial charge in [0.1, 0.15) is 0 Å². The topological polar surface area (TPSA) is 67.9 Å². The summed E-state index contributed by atoms with van der Waals surface area (Å²) < 4.78 is 0. The molecule has 0 aliphatic carbocycles. The minimum absolute atomic E-state index is 0.0755. The van der Waals surface area contributed by atoms with Crippen molar-refractivity contribution in [1.82, 2.24) is 9.80 Å². The Hall–Kier alpha value is -3.94. The Bertz CT molecular complexity index is 1280. The fraction of sp³-hybridized carbons (Fsp3) is 0.241. The number of hydrogen-bond donors (Lipinski definition) is 2. The molecular formula is C29H31N5O2. The molecule has 0 atom stereocenters. The Balaban J connectivity index is 1.37. The number of benzene rings is 3. The number of para-hydroxylation sites is 1. The molecule has 7 nitrogen and oxygen atoms in total. The Morgan fingerprint density at radius 3 is 2.31 bits per heavy atom. The first-order chi connectivity index (χ1) is 17.5. The van der Waals surface area contributed by atoms with Crippen molar-refractivity contribution in [2.45, 2.75) is 0 Å². The number of amides is 2. The van der Waals surface area contributed by atoms with Crippen LogP contribution >= 0.6 is 0 Å². The largest absolute Gasteiger partial charge is 0.354 e. The van der Waals surface area contributed by atoms with E-state index in [9.17, 15) is 9.59 Å². The quantitative estimate of drug-likeness (QED) is 0.524. The monoisotopic (exact) mass is 481 g/mol. The lowest BCUT2D eigenvalue weighted by atomic mass is 10.00. The minimum atomic E-state index is -0.131. The number of rotatable bonds is 6. The average molecular weight is 482 g/mol. The van der Waals surface area contributed by atoms with Gasteiger partial charge in [-0.2, -0.15) is 0 Å². The van der Waals surface area contributed by atoms with Crippen molar-refractivity contribution in [3.8, 4) is 0 Å². The van der Waals surface area contributed by atoms with Gasteiger partial charge in [-0.15, -0.1) is 0 Å². The van der Waals surface area contributed by atoms with E-state index in [1.54, 1.807) is 4.90 Å². The second kappa shape index (κ2) is 10.4. The number of likely N-dealkylation sites (N-methyl/N-ethyl adjacent to an activating group) is 2. The summed E-state index contributed by atoms with van der Waals surface area (Å²) in [6.45, 7) is 4.21. The summed E-state index contributed by atoms with van der Waals surface area (Å²) >= 11 is 0. The molecule has 3 aromatic rings. The van der Waals surface area contributed by atoms with Gasteiger partial charge in [0.2, 0.25) is 5.91 Å². The highest BCUT2D eigenvalue weighted by molar-refractivity contribution is 6.37. The first kappa shape index (κ1) is 23.8. The molecule has 1 saturated heterocycles. The number of carbonyl (C=O) groups is 2. The fourth-order valence-corrected chi connectivity index (χ4v) is 4.61. The van der Waals surface area contributed by atoms with Gasteiger partial charge in [0.25, 0.3) is 5.91 Å². The first-order valence-electron chi connectivity index (χ1n) is 12.2. The number of fused-ring (bicyclic) bond motifs is 1. The minimum Gasteiger partial charge on any atom is -0.354 e. The Kier molecular flexibility index (Phi) is 6.84. The molecular weight excluding hydrogens is 450 g/mol. The standard InChI is InChI=1S/C29H31N5O2/c1-32-16-18-34(19-17-32)20-26(35)33(2)23-14-12-22(13-15-23)30-28(21-8-4-3-5-9-21)27-24-10-6-7-11-25(24)31-29(27)36/h3-15,30H,16-20H2,1-2H3,(H,31,36). The van der Waals surface area contributed by atoms with Crippen LogP contribution in [0.5, 0.6) is 0 Å². The summed E-state index contributed by atoms with van der Waals surface area (Å²) in [4.78, 5) is 32.0. The van der Waals surface area contributed by atoms with Crippen LogP contribution in [-0.2, 0) is 9.59 Å². The van der Waals surface area contributed by atoms with Crippen molar-refractivity contribution in [3.05, 3.63) is 90.0 Å². The molecule has 0 bridgehead atoms. The normalized spacial score (nSPS) is 17.3. The van der Waals surface area contributed by atoms with E-state index in [1.165, 1.54) is 0 Å². The zero-order valence-electron chi connectivity index (χ0n) is 20.7. The highest BCUT2D eigenvalue weighted by Crippen LogP contribution is 2.37. The van der Waals surface area contributed by atoms with Crippen LogP contribution in [0.4, 0.5) is 17.1 Å². The summed E-state index contributed by atoms with van der Waals surface area (Å²) in [5, 5.41) is 6.44. The number of piperazine rings is 1. The Morgan fingerprint density at radius 1 is 0.917 bits per heavy atom. The van der Waals surface area contributed by atoms with Crippen molar-refractivity contribution in [1.29, 1.82) is 0 Å². The van der Waals surface area contributed by atoms with Crippen LogP contribution in [-0.4, -0.2) is 68.4 Å². The van der Waals surface area contributed by atoms with Crippen LogP contribution in [0.3, 0.4) is 0 Å². The average Bonchev–Trinajstić information content (AvgIpc) is 3.24. The van der Waals surface area contributed by atoms with E-state index in [2.05, 4.69) is 27.5 Å². The molecule has 5 rings (SSSR count). The maximum Gasteiger partial charge on any atom is 0.258 e. The van der Waals surface area contributed by atoms with Gasteiger partial charge in [-0.05, 0) is 42.9 Å². The van der Waals surface area contributed by atoms with Crippen molar-refractivity contribution < 1.29 is 9.59 Å². The van der Waals surface area contributed by atoms with E-state index in [-0.39, 0.29) is 11.8 Å². The molecule has 3 aromatic carbocycles. The molecule has 2 aliphatic rings. The van der Waals surface area contributed by atoms with Gasteiger partial charge in [0, 0.05) is 55.9 Å².